The summed E-state index contributed by atoms with van der Waals surface area (Å²) in [7, 11) is 1.99. The molecule has 0 aromatic heterocycles. The lowest BCUT2D eigenvalue weighted by Crippen LogP contribution is -2.53. The van der Waals surface area contributed by atoms with Crippen LogP contribution in [0.2, 0.25) is 0 Å². The van der Waals surface area contributed by atoms with Gasteiger partial charge in [-0.15, -0.1) is 0 Å². The molecule has 0 aliphatic carbocycles. The Morgan fingerprint density at radius 3 is 2.58 bits per heavy atom. The quantitative estimate of drug-likeness (QED) is 0.342. The lowest BCUT2D eigenvalue weighted by atomic mass is 10.0. The lowest BCUT2D eigenvalue weighted by Gasteiger charge is -2.37. The molecule has 2 aliphatic heterocycles. The lowest BCUT2D eigenvalue weighted by molar-refractivity contribution is -0.0370. The van der Waals surface area contributed by atoms with E-state index in [0.717, 1.165) is 12.1 Å². The number of nitrogens with zero attached hydrogens (tertiary/aromatic N) is 2. The number of amides is 1. The second-order valence-electron chi connectivity index (χ2n) is 9.45. The Balaban J connectivity index is 1.38. The largest absolute Gasteiger partial charge is 0.505 e. The number of carbonyl (C=O) groups is 1. The summed E-state index contributed by atoms with van der Waals surface area (Å²) in [4.78, 5) is 42.1. The van der Waals surface area contributed by atoms with Crippen molar-refractivity contribution in [2.75, 3.05) is 43.9 Å². The molecule has 2 heterocycles. The van der Waals surface area contributed by atoms with Crippen molar-refractivity contribution in [1.82, 2.24) is 9.80 Å². The number of nitrogens with one attached hydrogen (secondary N) is 2. The molecule has 0 saturated carbocycles. The van der Waals surface area contributed by atoms with Gasteiger partial charge < -0.3 is 30.3 Å². The van der Waals surface area contributed by atoms with E-state index in [1.165, 1.54) is 0 Å². The molecule has 0 spiro atoms. The van der Waals surface area contributed by atoms with Crippen molar-refractivity contribution in [3.05, 3.63) is 80.1 Å². The van der Waals surface area contributed by atoms with E-state index in [-0.39, 0.29) is 52.5 Å². The molecular weight excluding hydrogens is 460 g/mol. The van der Waals surface area contributed by atoms with E-state index in [9.17, 15) is 19.5 Å². The minimum atomic E-state index is -0.665. The zero-order chi connectivity index (χ0) is 25.4. The van der Waals surface area contributed by atoms with Gasteiger partial charge in [-0.05, 0) is 31.2 Å². The Morgan fingerprint density at radius 2 is 1.83 bits per heavy atom. The third-order valence-corrected chi connectivity index (χ3v) is 7.11. The predicted molar refractivity (Wildman–Crippen MR) is 138 cm³/mol. The maximum atomic E-state index is 13.4. The van der Waals surface area contributed by atoms with Gasteiger partial charge in [-0.2, -0.15) is 0 Å². The molecule has 2 saturated heterocycles. The number of ether oxygens (including phenoxy) is 1. The van der Waals surface area contributed by atoms with Crippen LogP contribution in [0.3, 0.4) is 0 Å². The molecule has 2 aliphatic rings. The van der Waals surface area contributed by atoms with E-state index in [1.807, 2.05) is 44.3 Å². The van der Waals surface area contributed by atoms with Crippen LogP contribution >= 0.6 is 0 Å². The Labute approximate surface area is 209 Å². The Hall–Kier alpha value is -3.69. The van der Waals surface area contributed by atoms with E-state index in [4.69, 9.17) is 4.74 Å². The predicted octanol–water partition coefficient (Wildman–Crippen LogP) is 2.45. The molecule has 9 heteroatoms. The minimum Gasteiger partial charge on any atom is -0.505 e. The van der Waals surface area contributed by atoms with Crippen molar-refractivity contribution in [2.45, 2.75) is 31.5 Å². The van der Waals surface area contributed by atoms with Gasteiger partial charge in [-0.1, -0.05) is 43.3 Å². The van der Waals surface area contributed by atoms with E-state index < -0.39 is 10.9 Å². The van der Waals surface area contributed by atoms with Crippen molar-refractivity contribution in [3.8, 4) is 5.75 Å². The van der Waals surface area contributed by atoms with Crippen LogP contribution in [0.25, 0.3) is 0 Å². The highest BCUT2D eigenvalue weighted by molar-refractivity contribution is 5.99. The molecule has 5 rings (SSSR count). The number of anilines is 3. The maximum absolute atomic E-state index is 13.4. The number of carbonyl (C=O) groups excluding carboxylic acids is 1. The molecule has 2 fully saturated rings. The number of hydrogen-bond acceptors (Lipinski definition) is 8. The minimum absolute atomic E-state index is 0.0512. The summed E-state index contributed by atoms with van der Waals surface area (Å²) >= 11 is 0. The molecule has 3 N–H and O–H groups in total. The van der Waals surface area contributed by atoms with Crippen LogP contribution < -0.4 is 21.5 Å². The first-order chi connectivity index (χ1) is 17.4. The standard InChI is InChI=1S/C27H30N4O5/c1-3-18(16-8-5-4-6-9-16)28-22-23(26(34)25(22)33)29-19-11-7-10-17(24(19)32)27(35)31-12-13-36-21-15-30(2)14-20(21)31/h4-11,18,20-21,28-29,32H,3,12-15H2,1-2H3/t18-,20-,21-/m1/s1. The van der Waals surface area contributed by atoms with E-state index in [2.05, 4.69) is 15.5 Å². The first kappa shape index (κ1) is 24.0. The zero-order valence-corrected chi connectivity index (χ0v) is 20.4. The molecule has 3 atom stereocenters. The van der Waals surface area contributed by atoms with Gasteiger partial charge in [0.25, 0.3) is 16.8 Å². The monoisotopic (exact) mass is 490 g/mol. The fraction of sp³-hybridized carbons (Fsp3) is 0.370. The molecule has 9 nitrogen and oxygen atoms in total. The van der Waals surface area contributed by atoms with Gasteiger partial charge in [0.15, 0.2) is 5.75 Å². The van der Waals surface area contributed by atoms with Crippen molar-refractivity contribution < 1.29 is 14.6 Å². The first-order valence-electron chi connectivity index (χ1n) is 12.2. The van der Waals surface area contributed by atoms with Gasteiger partial charge in [0, 0.05) is 19.6 Å². The van der Waals surface area contributed by atoms with Crippen molar-refractivity contribution in [1.29, 1.82) is 0 Å². The first-order valence-corrected chi connectivity index (χ1v) is 12.2. The molecule has 0 bridgehead atoms. The topological polar surface area (TPSA) is 111 Å². The number of para-hydroxylation sites is 1. The van der Waals surface area contributed by atoms with Gasteiger partial charge in [-0.25, -0.2) is 0 Å². The maximum Gasteiger partial charge on any atom is 0.258 e. The van der Waals surface area contributed by atoms with Gasteiger partial charge in [-0.3, -0.25) is 14.4 Å². The fourth-order valence-corrected chi connectivity index (χ4v) is 5.16. The Morgan fingerprint density at radius 1 is 1.08 bits per heavy atom. The smallest absolute Gasteiger partial charge is 0.258 e. The number of aromatic hydroxyl groups is 1. The van der Waals surface area contributed by atoms with Crippen LogP contribution in [0, 0.1) is 0 Å². The number of morpholine rings is 1. The number of benzene rings is 2. The average molecular weight is 491 g/mol. The SMILES string of the molecule is CC[C@@H](Nc1c(Nc2cccc(C(=O)N3CCO[C@@H]4CN(C)C[C@H]43)c2O)c(=O)c1=O)c1ccccc1. The zero-order valence-electron chi connectivity index (χ0n) is 20.4. The molecule has 3 aromatic carbocycles. The Bertz CT molecular complexity index is 1330. The molecular formula is C27H30N4O5. The highest BCUT2D eigenvalue weighted by Gasteiger charge is 2.41. The molecule has 0 unspecified atom stereocenters. The number of rotatable bonds is 7. The van der Waals surface area contributed by atoms with E-state index in [1.54, 1.807) is 23.1 Å². The van der Waals surface area contributed by atoms with Gasteiger partial charge >= 0.3 is 0 Å². The summed E-state index contributed by atoms with van der Waals surface area (Å²) in [5, 5.41) is 17.1. The third kappa shape index (κ3) is 4.25. The summed E-state index contributed by atoms with van der Waals surface area (Å²) < 4.78 is 5.83. The summed E-state index contributed by atoms with van der Waals surface area (Å²) in [5.74, 6) is -0.547. The highest BCUT2D eigenvalue weighted by atomic mass is 16.5. The van der Waals surface area contributed by atoms with Crippen molar-refractivity contribution in [3.63, 3.8) is 0 Å². The molecule has 188 valence electrons. The average Bonchev–Trinajstić information content (AvgIpc) is 3.29. The summed E-state index contributed by atoms with van der Waals surface area (Å²) in [6, 6.07) is 14.2. The normalized spacial score (nSPS) is 20.8. The summed E-state index contributed by atoms with van der Waals surface area (Å²) in [5.41, 5.74) is 0.312. The molecule has 36 heavy (non-hydrogen) atoms. The van der Waals surface area contributed by atoms with E-state index in [0.29, 0.717) is 26.1 Å². The second kappa shape index (κ2) is 9.75. The fourth-order valence-electron chi connectivity index (χ4n) is 5.16. The Kier molecular flexibility index (Phi) is 6.51. The van der Waals surface area contributed by atoms with Crippen LogP contribution in [0.5, 0.6) is 5.75 Å². The molecule has 0 radical (unpaired) electrons. The van der Waals surface area contributed by atoms with Crippen molar-refractivity contribution >= 4 is 23.0 Å². The van der Waals surface area contributed by atoms with Crippen LogP contribution in [0.1, 0.15) is 35.3 Å². The number of fused-ring (bicyclic) bond motifs is 1. The van der Waals surface area contributed by atoms with Crippen LogP contribution in [-0.4, -0.2) is 66.2 Å². The molecule has 1 amide bonds. The van der Waals surface area contributed by atoms with Crippen LogP contribution in [-0.2, 0) is 4.74 Å². The number of phenolic OH excluding ortho intramolecular Hbond substituents is 1. The number of hydrogen-bond donors (Lipinski definition) is 3. The highest BCUT2D eigenvalue weighted by Crippen LogP contribution is 2.34. The number of likely N-dealkylation sites (N-methyl/N-ethyl adjacent to an activating group) is 1. The van der Waals surface area contributed by atoms with Crippen LogP contribution in [0.4, 0.5) is 17.1 Å². The van der Waals surface area contributed by atoms with Crippen molar-refractivity contribution in [2.24, 2.45) is 0 Å². The van der Waals surface area contributed by atoms with Crippen LogP contribution in [0.15, 0.2) is 58.1 Å². The summed E-state index contributed by atoms with van der Waals surface area (Å²) in [6.07, 6.45) is 0.652. The third-order valence-electron chi connectivity index (χ3n) is 7.11. The van der Waals surface area contributed by atoms with Gasteiger partial charge in [0.1, 0.15) is 11.4 Å². The number of likely N-dealkylation sites (tertiary alicyclic amines) is 1. The van der Waals surface area contributed by atoms with Gasteiger partial charge in [0.05, 0.1) is 36.0 Å². The number of phenols is 1. The molecule has 3 aromatic rings. The van der Waals surface area contributed by atoms with E-state index >= 15 is 0 Å². The summed E-state index contributed by atoms with van der Waals surface area (Å²) in [6.45, 7) is 4.33. The van der Waals surface area contributed by atoms with Gasteiger partial charge in [0.2, 0.25) is 0 Å². The second-order valence-corrected chi connectivity index (χ2v) is 9.45.